The van der Waals surface area contributed by atoms with Gasteiger partial charge in [-0.05, 0) is 50.7 Å². The first-order chi connectivity index (χ1) is 7.50. The monoisotopic (exact) mass is 226 g/mol. The first kappa shape index (κ1) is 14.0. The Balaban J connectivity index is 2.19. The molecule has 0 heterocycles. The van der Waals surface area contributed by atoms with Crippen LogP contribution >= 0.6 is 0 Å². The molecule has 0 aromatic carbocycles. The third-order valence-electron chi connectivity index (χ3n) is 3.56. The first-order valence-electron chi connectivity index (χ1n) is 6.91. The summed E-state index contributed by atoms with van der Waals surface area (Å²) in [6, 6.07) is 0.835. The second kappa shape index (κ2) is 6.61. The molecule has 0 aromatic heterocycles. The zero-order valence-electron chi connectivity index (χ0n) is 11.8. The molecule has 2 atom stereocenters. The highest BCUT2D eigenvalue weighted by Crippen LogP contribution is 2.31. The Morgan fingerprint density at radius 3 is 2.25 bits per heavy atom. The lowest BCUT2D eigenvalue weighted by atomic mass is 9.78. The van der Waals surface area contributed by atoms with E-state index >= 15 is 0 Å². The molecular formula is C14H30N2. The van der Waals surface area contributed by atoms with Crippen molar-refractivity contribution in [3.05, 3.63) is 0 Å². The van der Waals surface area contributed by atoms with Crippen molar-refractivity contribution in [2.45, 2.75) is 46.6 Å². The summed E-state index contributed by atoms with van der Waals surface area (Å²) in [7, 11) is 2.29. The lowest BCUT2D eigenvalue weighted by molar-refractivity contribution is 0.0744. The maximum Gasteiger partial charge on any atom is 0.0133 e. The normalized spacial score (nSPS) is 25.5. The Labute approximate surface area is 102 Å². The van der Waals surface area contributed by atoms with Crippen molar-refractivity contribution < 1.29 is 0 Å². The van der Waals surface area contributed by atoms with Crippen LogP contribution in [0.4, 0.5) is 0 Å². The molecular weight excluding hydrogens is 196 g/mol. The minimum absolute atomic E-state index is 0.770. The Morgan fingerprint density at radius 2 is 1.81 bits per heavy atom. The minimum atomic E-state index is 0.770. The van der Waals surface area contributed by atoms with Gasteiger partial charge in [0.1, 0.15) is 0 Å². The van der Waals surface area contributed by atoms with Crippen molar-refractivity contribution in [1.82, 2.24) is 10.2 Å². The van der Waals surface area contributed by atoms with Crippen LogP contribution < -0.4 is 5.32 Å². The highest BCUT2D eigenvalue weighted by Gasteiger charge is 2.33. The maximum atomic E-state index is 3.60. The average molecular weight is 226 g/mol. The van der Waals surface area contributed by atoms with Crippen molar-refractivity contribution in [2.75, 3.05) is 26.7 Å². The molecule has 2 nitrogen and oxygen atoms in total. The lowest BCUT2D eigenvalue weighted by Gasteiger charge is -2.43. The van der Waals surface area contributed by atoms with Crippen LogP contribution in [0.1, 0.15) is 40.5 Å². The summed E-state index contributed by atoms with van der Waals surface area (Å²) in [6.45, 7) is 12.8. The highest BCUT2D eigenvalue weighted by atomic mass is 15.1. The molecule has 0 amide bonds. The molecule has 1 N–H and O–H groups in total. The summed E-state index contributed by atoms with van der Waals surface area (Å²) in [4.78, 5) is 2.57. The van der Waals surface area contributed by atoms with E-state index in [1.165, 1.54) is 25.9 Å². The van der Waals surface area contributed by atoms with E-state index in [4.69, 9.17) is 0 Å². The number of nitrogens with zero attached hydrogens (tertiary/aromatic N) is 1. The minimum Gasteiger partial charge on any atom is -0.316 e. The Morgan fingerprint density at radius 1 is 1.12 bits per heavy atom. The molecule has 2 unspecified atom stereocenters. The van der Waals surface area contributed by atoms with Gasteiger partial charge in [-0.1, -0.05) is 27.7 Å². The largest absolute Gasteiger partial charge is 0.316 e. The molecule has 0 aromatic rings. The van der Waals surface area contributed by atoms with Crippen LogP contribution in [0.5, 0.6) is 0 Å². The molecule has 2 heteroatoms. The first-order valence-corrected chi connectivity index (χ1v) is 6.91. The van der Waals surface area contributed by atoms with Crippen molar-refractivity contribution >= 4 is 0 Å². The predicted octanol–water partition coefficient (Wildman–Crippen LogP) is 2.60. The summed E-state index contributed by atoms with van der Waals surface area (Å²) < 4.78 is 0. The van der Waals surface area contributed by atoms with E-state index in [1.54, 1.807) is 0 Å². The molecule has 16 heavy (non-hydrogen) atoms. The van der Waals surface area contributed by atoms with Crippen LogP contribution in [0.15, 0.2) is 0 Å². The summed E-state index contributed by atoms with van der Waals surface area (Å²) in [5, 5.41) is 3.60. The number of nitrogens with one attached hydrogen (secondary N) is 1. The fourth-order valence-corrected chi connectivity index (χ4v) is 2.64. The quantitative estimate of drug-likeness (QED) is 0.718. The van der Waals surface area contributed by atoms with Gasteiger partial charge in [0.05, 0.1) is 0 Å². The van der Waals surface area contributed by atoms with Gasteiger partial charge in [0.25, 0.3) is 0 Å². The van der Waals surface area contributed by atoms with Crippen LogP contribution in [0.3, 0.4) is 0 Å². The van der Waals surface area contributed by atoms with Gasteiger partial charge in [0.15, 0.2) is 0 Å². The van der Waals surface area contributed by atoms with Crippen LogP contribution in [0, 0.1) is 17.8 Å². The van der Waals surface area contributed by atoms with E-state index in [9.17, 15) is 0 Å². The Hall–Kier alpha value is -0.0800. The van der Waals surface area contributed by atoms with Crippen molar-refractivity contribution in [3.63, 3.8) is 0 Å². The van der Waals surface area contributed by atoms with E-state index in [0.29, 0.717) is 0 Å². The number of hydrogen-bond donors (Lipinski definition) is 1. The Bertz CT molecular complexity index is 189. The molecule has 96 valence electrons. The van der Waals surface area contributed by atoms with Gasteiger partial charge in [0.2, 0.25) is 0 Å². The average Bonchev–Trinajstić information content (AvgIpc) is 2.08. The van der Waals surface area contributed by atoms with Gasteiger partial charge in [-0.2, -0.15) is 0 Å². The molecule has 1 aliphatic rings. The third kappa shape index (κ3) is 4.42. The molecule has 1 aliphatic carbocycles. The summed E-state index contributed by atoms with van der Waals surface area (Å²) in [5.74, 6) is 2.45. The molecule has 0 saturated heterocycles. The third-order valence-corrected chi connectivity index (χ3v) is 3.56. The van der Waals surface area contributed by atoms with Gasteiger partial charge in [-0.3, -0.25) is 0 Å². The van der Waals surface area contributed by atoms with Gasteiger partial charge < -0.3 is 10.2 Å². The summed E-state index contributed by atoms with van der Waals surface area (Å²) in [5.41, 5.74) is 0. The SMILES string of the molecule is CC(C)CNCC1CCC1N(C)CC(C)C. The van der Waals surface area contributed by atoms with E-state index in [2.05, 4.69) is 45.0 Å². The fraction of sp³-hybridized carbons (Fsp3) is 1.00. The van der Waals surface area contributed by atoms with Crippen LogP contribution in [-0.2, 0) is 0 Å². The van der Waals surface area contributed by atoms with Crippen molar-refractivity contribution in [2.24, 2.45) is 17.8 Å². The highest BCUT2D eigenvalue weighted by molar-refractivity contribution is 4.89. The maximum absolute atomic E-state index is 3.60. The molecule has 1 fully saturated rings. The van der Waals surface area contributed by atoms with Crippen LogP contribution in [-0.4, -0.2) is 37.6 Å². The van der Waals surface area contributed by atoms with Gasteiger partial charge in [0, 0.05) is 12.6 Å². The van der Waals surface area contributed by atoms with E-state index in [-0.39, 0.29) is 0 Å². The smallest absolute Gasteiger partial charge is 0.0133 e. The second-order valence-corrected chi connectivity index (χ2v) is 6.29. The zero-order valence-corrected chi connectivity index (χ0v) is 11.8. The molecule has 0 spiro atoms. The van der Waals surface area contributed by atoms with Crippen molar-refractivity contribution in [1.29, 1.82) is 0 Å². The van der Waals surface area contributed by atoms with Crippen LogP contribution in [0.25, 0.3) is 0 Å². The van der Waals surface area contributed by atoms with Gasteiger partial charge in [-0.15, -0.1) is 0 Å². The topological polar surface area (TPSA) is 15.3 Å². The van der Waals surface area contributed by atoms with Crippen LogP contribution in [0.2, 0.25) is 0 Å². The molecule has 1 rings (SSSR count). The van der Waals surface area contributed by atoms with Gasteiger partial charge in [-0.25, -0.2) is 0 Å². The van der Waals surface area contributed by atoms with E-state index < -0.39 is 0 Å². The Kier molecular flexibility index (Phi) is 5.77. The van der Waals surface area contributed by atoms with Crippen molar-refractivity contribution in [3.8, 4) is 0 Å². The van der Waals surface area contributed by atoms with Gasteiger partial charge >= 0.3 is 0 Å². The fourth-order valence-electron chi connectivity index (χ4n) is 2.64. The predicted molar refractivity (Wildman–Crippen MR) is 71.7 cm³/mol. The summed E-state index contributed by atoms with van der Waals surface area (Å²) in [6.07, 6.45) is 2.81. The second-order valence-electron chi connectivity index (χ2n) is 6.29. The number of rotatable bonds is 7. The molecule has 1 saturated carbocycles. The summed E-state index contributed by atoms with van der Waals surface area (Å²) >= 11 is 0. The molecule has 0 aliphatic heterocycles. The zero-order chi connectivity index (χ0) is 12.1. The molecule has 0 radical (unpaired) electrons. The van der Waals surface area contributed by atoms with E-state index in [1.807, 2.05) is 0 Å². The van der Waals surface area contributed by atoms with E-state index in [0.717, 1.165) is 30.3 Å². The lowest BCUT2D eigenvalue weighted by Crippen LogP contribution is -2.50. The molecule has 0 bridgehead atoms. The standard InChI is InChI=1S/C14H30N2/c1-11(2)8-15-9-13-6-7-14(13)16(5)10-12(3)4/h11-15H,6-10H2,1-5H3. The number of hydrogen-bond acceptors (Lipinski definition) is 2.